The van der Waals surface area contributed by atoms with Crippen LogP contribution in [0.4, 0.5) is 5.88 Å². The number of aromatic nitrogens is 1. The zero-order valence-corrected chi connectivity index (χ0v) is 9.69. The Morgan fingerprint density at radius 3 is 2.71 bits per heavy atom. The fourth-order valence-corrected chi connectivity index (χ4v) is 1.03. The van der Waals surface area contributed by atoms with Gasteiger partial charge in [0.1, 0.15) is 6.54 Å². The van der Waals surface area contributed by atoms with Crippen LogP contribution in [0.1, 0.15) is 24.3 Å². The summed E-state index contributed by atoms with van der Waals surface area (Å²) in [6, 6.07) is 1.36. The Balaban J connectivity index is 2.45. The van der Waals surface area contributed by atoms with Gasteiger partial charge in [0.2, 0.25) is 5.88 Å². The van der Waals surface area contributed by atoms with Gasteiger partial charge in [-0.15, -0.1) is 0 Å². The lowest BCUT2D eigenvalue weighted by atomic mass is 10.4. The molecular weight excluding hydrogens is 228 g/mol. The van der Waals surface area contributed by atoms with Gasteiger partial charge in [-0.05, 0) is 13.8 Å². The number of anilines is 1. The molecule has 0 aromatic carbocycles. The topological polar surface area (TPSA) is 90.7 Å². The fourth-order valence-electron chi connectivity index (χ4n) is 1.03. The minimum Gasteiger partial charge on any atom is -0.465 e. The molecule has 0 unspecified atom stereocenters. The molecule has 0 saturated heterocycles. The molecule has 1 heterocycles. The first-order chi connectivity index (χ1) is 8.17. The van der Waals surface area contributed by atoms with E-state index >= 15 is 0 Å². The highest BCUT2D eigenvalue weighted by atomic mass is 16.5. The zero-order chi connectivity index (χ0) is 12.7. The van der Waals surface area contributed by atoms with Gasteiger partial charge in [-0.1, -0.05) is 5.16 Å². The van der Waals surface area contributed by atoms with Gasteiger partial charge in [0.25, 0.3) is 0 Å². The van der Waals surface area contributed by atoms with Gasteiger partial charge in [0.05, 0.1) is 13.2 Å². The Bertz CT molecular complexity index is 388. The SMILES string of the molecule is CCOC(=O)CNc1cc(C(=O)OCC)no1. The summed E-state index contributed by atoms with van der Waals surface area (Å²) in [4.78, 5) is 22.3. The van der Waals surface area contributed by atoms with E-state index in [0.29, 0.717) is 6.61 Å². The Morgan fingerprint density at radius 2 is 2.06 bits per heavy atom. The molecule has 94 valence electrons. The van der Waals surface area contributed by atoms with Crippen LogP contribution in [0.3, 0.4) is 0 Å². The van der Waals surface area contributed by atoms with Gasteiger partial charge in [0.15, 0.2) is 5.69 Å². The molecule has 0 bridgehead atoms. The summed E-state index contributed by atoms with van der Waals surface area (Å²) in [5.74, 6) is -0.775. The van der Waals surface area contributed by atoms with E-state index in [1.807, 2.05) is 0 Å². The lowest BCUT2D eigenvalue weighted by molar-refractivity contribution is -0.140. The number of hydrogen-bond donors (Lipinski definition) is 1. The summed E-state index contributed by atoms with van der Waals surface area (Å²) in [5.41, 5.74) is 0.0539. The van der Waals surface area contributed by atoms with E-state index in [0.717, 1.165) is 0 Å². The van der Waals surface area contributed by atoms with Gasteiger partial charge < -0.3 is 19.3 Å². The number of carbonyl (C=O) groups is 2. The van der Waals surface area contributed by atoms with E-state index in [9.17, 15) is 9.59 Å². The van der Waals surface area contributed by atoms with Crippen LogP contribution >= 0.6 is 0 Å². The van der Waals surface area contributed by atoms with Crippen LogP contribution in [0, 0.1) is 0 Å². The summed E-state index contributed by atoms with van der Waals surface area (Å²) in [6.07, 6.45) is 0. The number of nitrogens with one attached hydrogen (secondary N) is 1. The highest BCUT2D eigenvalue weighted by Crippen LogP contribution is 2.10. The molecule has 0 aliphatic carbocycles. The van der Waals surface area contributed by atoms with Crippen molar-refractivity contribution in [3.8, 4) is 0 Å². The van der Waals surface area contributed by atoms with Crippen molar-refractivity contribution in [3.63, 3.8) is 0 Å². The quantitative estimate of drug-likeness (QED) is 0.738. The first kappa shape index (κ1) is 13.0. The maximum absolute atomic E-state index is 11.2. The number of esters is 2. The summed E-state index contributed by atoms with van der Waals surface area (Å²) < 4.78 is 14.2. The number of hydrogen-bond acceptors (Lipinski definition) is 7. The summed E-state index contributed by atoms with van der Waals surface area (Å²) in [5, 5.41) is 6.13. The van der Waals surface area contributed by atoms with Gasteiger partial charge >= 0.3 is 11.9 Å². The van der Waals surface area contributed by atoms with E-state index in [1.54, 1.807) is 13.8 Å². The Kier molecular flexibility index (Phi) is 4.99. The number of nitrogens with zero attached hydrogens (tertiary/aromatic N) is 1. The molecule has 0 atom stereocenters. The van der Waals surface area contributed by atoms with Crippen molar-refractivity contribution >= 4 is 17.8 Å². The van der Waals surface area contributed by atoms with E-state index in [2.05, 4.69) is 10.5 Å². The van der Waals surface area contributed by atoms with Crippen LogP contribution in [0.15, 0.2) is 10.6 Å². The van der Waals surface area contributed by atoms with Gasteiger partial charge in [0, 0.05) is 6.07 Å². The molecule has 1 rings (SSSR count). The number of rotatable bonds is 6. The Morgan fingerprint density at radius 1 is 1.35 bits per heavy atom. The van der Waals surface area contributed by atoms with Crippen LogP contribution in [0.25, 0.3) is 0 Å². The summed E-state index contributed by atoms with van der Waals surface area (Å²) in [6.45, 7) is 3.93. The van der Waals surface area contributed by atoms with Crippen LogP contribution in [0.2, 0.25) is 0 Å². The van der Waals surface area contributed by atoms with Gasteiger partial charge in [-0.25, -0.2) is 4.79 Å². The molecule has 1 aromatic heterocycles. The standard InChI is InChI=1S/C10H14N2O5/c1-3-15-9(13)6-11-8-5-7(12-17-8)10(14)16-4-2/h5,11H,3-4,6H2,1-2H3. The Labute approximate surface area is 98.1 Å². The predicted octanol–water partition coefficient (Wildman–Crippen LogP) is 0.826. The molecule has 7 nitrogen and oxygen atoms in total. The number of carbonyl (C=O) groups excluding carboxylic acids is 2. The molecule has 7 heteroatoms. The normalized spacial score (nSPS) is 9.76. The monoisotopic (exact) mass is 242 g/mol. The summed E-state index contributed by atoms with van der Waals surface area (Å²) in [7, 11) is 0. The van der Waals surface area contributed by atoms with E-state index < -0.39 is 11.9 Å². The highest BCUT2D eigenvalue weighted by molar-refractivity contribution is 5.88. The van der Waals surface area contributed by atoms with Gasteiger partial charge in [-0.3, -0.25) is 4.79 Å². The third kappa shape index (κ3) is 4.13. The lowest BCUT2D eigenvalue weighted by Gasteiger charge is -2.01. The molecule has 0 radical (unpaired) electrons. The second kappa shape index (κ2) is 6.51. The van der Waals surface area contributed by atoms with E-state index in [4.69, 9.17) is 14.0 Å². The smallest absolute Gasteiger partial charge is 0.360 e. The van der Waals surface area contributed by atoms with Crippen molar-refractivity contribution in [1.82, 2.24) is 5.16 Å². The fraction of sp³-hybridized carbons (Fsp3) is 0.500. The van der Waals surface area contributed by atoms with Crippen LogP contribution in [-0.2, 0) is 14.3 Å². The second-order valence-electron chi connectivity index (χ2n) is 2.96. The van der Waals surface area contributed by atoms with Crippen molar-refractivity contribution in [1.29, 1.82) is 0 Å². The minimum absolute atomic E-state index is 0.0503. The average Bonchev–Trinajstić information content (AvgIpc) is 2.76. The van der Waals surface area contributed by atoms with Crippen molar-refractivity contribution < 1.29 is 23.6 Å². The molecule has 17 heavy (non-hydrogen) atoms. The number of ether oxygens (including phenoxy) is 2. The third-order valence-electron chi connectivity index (χ3n) is 1.71. The highest BCUT2D eigenvalue weighted by Gasteiger charge is 2.13. The Hall–Kier alpha value is -2.05. The summed E-state index contributed by atoms with van der Waals surface area (Å²) >= 11 is 0. The maximum atomic E-state index is 11.2. The van der Waals surface area contributed by atoms with Crippen LogP contribution < -0.4 is 5.32 Å². The first-order valence-electron chi connectivity index (χ1n) is 5.20. The molecule has 0 spiro atoms. The van der Waals surface area contributed by atoms with Gasteiger partial charge in [-0.2, -0.15) is 0 Å². The molecule has 0 fully saturated rings. The molecule has 0 aliphatic rings. The van der Waals surface area contributed by atoms with Crippen molar-refractivity contribution in [3.05, 3.63) is 11.8 Å². The minimum atomic E-state index is -0.569. The largest absolute Gasteiger partial charge is 0.465 e. The molecule has 0 aliphatic heterocycles. The molecular formula is C10H14N2O5. The second-order valence-corrected chi connectivity index (χ2v) is 2.96. The molecule has 0 saturated carbocycles. The average molecular weight is 242 g/mol. The van der Waals surface area contributed by atoms with Crippen LogP contribution in [-0.4, -0.2) is 36.9 Å². The zero-order valence-electron chi connectivity index (χ0n) is 9.69. The van der Waals surface area contributed by atoms with Crippen molar-refractivity contribution in [2.24, 2.45) is 0 Å². The maximum Gasteiger partial charge on any atom is 0.360 e. The van der Waals surface area contributed by atoms with Crippen molar-refractivity contribution in [2.45, 2.75) is 13.8 Å². The van der Waals surface area contributed by atoms with Crippen molar-refractivity contribution in [2.75, 3.05) is 25.1 Å². The van der Waals surface area contributed by atoms with E-state index in [1.165, 1.54) is 6.07 Å². The lowest BCUT2D eigenvalue weighted by Crippen LogP contribution is -2.16. The molecule has 1 aromatic rings. The third-order valence-corrected chi connectivity index (χ3v) is 1.71. The van der Waals surface area contributed by atoms with Crippen LogP contribution in [0.5, 0.6) is 0 Å². The first-order valence-corrected chi connectivity index (χ1v) is 5.20. The molecule has 1 N–H and O–H groups in total. The predicted molar refractivity (Wildman–Crippen MR) is 57.6 cm³/mol. The molecule has 0 amide bonds. The van der Waals surface area contributed by atoms with E-state index in [-0.39, 0.29) is 24.7 Å².